The Morgan fingerprint density at radius 2 is 2.06 bits per heavy atom. The zero-order chi connectivity index (χ0) is 23.0. The van der Waals surface area contributed by atoms with Gasteiger partial charge in [-0.1, -0.05) is 0 Å². The summed E-state index contributed by atoms with van der Waals surface area (Å²) in [6.45, 7) is 1.49. The average molecular weight is 456 g/mol. The second-order valence-electron chi connectivity index (χ2n) is 8.80. The van der Waals surface area contributed by atoms with E-state index in [9.17, 15) is 18.7 Å². The predicted molar refractivity (Wildman–Crippen MR) is 118 cm³/mol. The molecule has 2 saturated heterocycles. The Balaban J connectivity index is 1.45. The third kappa shape index (κ3) is 4.06. The molecule has 9 heteroatoms. The van der Waals surface area contributed by atoms with E-state index in [4.69, 9.17) is 4.74 Å². The lowest BCUT2D eigenvalue weighted by Gasteiger charge is -2.36. The van der Waals surface area contributed by atoms with Crippen LogP contribution in [0.25, 0.3) is 5.52 Å². The number of aliphatic hydroxyl groups is 1. The van der Waals surface area contributed by atoms with Crippen molar-refractivity contribution in [2.45, 2.75) is 37.3 Å². The lowest BCUT2D eigenvalue weighted by Crippen LogP contribution is -2.54. The van der Waals surface area contributed by atoms with Gasteiger partial charge in [-0.15, -0.1) is 0 Å². The van der Waals surface area contributed by atoms with E-state index in [-0.39, 0.29) is 18.6 Å². The maximum atomic E-state index is 14.5. The minimum absolute atomic E-state index is 0.165. The fraction of sp³-hybridized carbons (Fsp3) is 0.417. The van der Waals surface area contributed by atoms with Crippen molar-refractivity contribution in [3.8, 4) is 0 Å². The van der Waals surface area contributed by atoms with Gasteiger partial charge in [-0.05, 0) is 56.0 Å². The first-order chi connectivity index (χ1) is 16.0. The van der Waals surface area contributed by atoms with E-state index in [0.717, 1.165) is 24.2 Å². The molecular weight excluding hydrogens is 430 g/mol. The number of nitrogens with one attached hydrogen (secondary N) is 1. The lowest BCUT2D eigenvalue weighted by atomic mass is 9.90. The van der Waals surface area contributed by atoms with Crippen LogP contribution < -0.4 is 10.2 Å². The van der Waals surface area contributed by atoms with Crippen molar-refractivity contribution in [3.63, 3.8) is 0 Å². The maximum absolute atomic E-state index is 14.5. The molecule has 2 aliphatic rings. The molecule has 174 valence electrons. The van der Waals surface area contributed by atoms with E-state index >= 15 is 0 Å². The van der Waals surface area contributed by atoms with Crippen molar-refractivity contribution in [2.24, 2.45) is 0 Å². The molecule has 0 saturated carbocycles. The number of anilines is 1. The number of nitrogens with zero attached hydrogens (tertiary/aromatic N) is 3. The van der Waals surface area contributed by atoms with E-state index < -0.39 is 17.2 Å². The highest BCUT2D eigenvalue weighted by atomic mass is 19.1. The summed E-state index contributed by atoms with van der Waals surface area (Å²) in [7, 11) is 0. The van der Waals surface area contributed by atoms with Crippen LogP contribution in [-0.2, 0) is 4.74 Å². The number of aromatic nitrogens is 2. The van der Waals surface area contributed by atoms with Gasteiger partial charge in [0.15, 0.2) is 0 Å². The molecule has 4 heterocycles. The second-order valence-corrected chi connectivity index (χ2v) is 8.80. The number of carbonyl (C=O) groups is 1. The minimum atomic E-state index is -0.712. The number of fused-ring (bicyclic) bond motifs is 1. The average Bonchev–Trinajstić information content (AvgIpc) is 3.48. The SMILES string of the molecule is O=C(NC1(CO)CCOCC1)c1cnn2ccc(N3CCC[C@@H]3c3cc(F)ccc3F)cc12. The number of halogens is 2. The quantitative estimate of drug-likeness (QED) is 0.617. The first-order valence-electron chi connectivity index (χ1n) is 11.2. The van der Waals surface area contributed by atoms with E-state index in [1.807, 2.05) is 17.0 Å². The highest BCUT2D eigenvalue weighted by Gasteiger charge is 2.35. The Morgan fingerprint density at radius 3 is 2.85 bits per heavy atom. The highest BCUT2D eigenvalue weighted by Crippen LogP contribution is 2.38. The fourth-order valence-corrected chi connectivity index (χ4v) is 4.89. The molecule has 0 unspecified atom stereocenters. The Bertz CT molecular complexity index is 1180. The van der Waals surface area contributed by atoms with Gasteiger partial charge in [-0.2, -0.15) is 5.10 Å². The molecule has 0 aliphatic carbocycles. The van der Waals surface area contributed by atoms with Gasteiger partial charge >= 0.3 is 0 Å². The van der Waals surface area contributed by atoms with Gasteiger partial charge in [0.05, 0.1) is 35.5 Å². The molecule has 1 amide bonds. The van der Waals surface area contributed by atoms with Gasteiger partial charge in [-0.3, -0.25) is 4.79 Å². The number of benzene rings is 1. The van der Waals surface area contributed by atoms with Gasteiger partial charge in [0.25, 0.3) is 5.91 Å². The van der Waals surface area contributed by atoms with Crippen LogP contribution in [0.2, 0.25) is 0 Å². The molecule has 0 bridgehead atoms. The van der Waals surface area contributed by atoms with E-state index in [1.54, 1.807) is 10.7 Å². The van der Waals surface area contributed by atoms with E-state index in [1.165, 1.54) is 12.3 Å². The zero-order valence-electron chi connectivity index (χ0n) is 18.1. The molecule has 2 aromatic heterocycles. The summed E-state index contributed by atoms with van der Waals surface area (Å²) >= 11 is 0. The van der Waals surface area contributed by atoms with Gasteiger partial charge in [0, 0.05) is 37.2 Å². The fourth-order valence-electron chi connectivity index (χ4n) is 4.89. The standard InChI is InChI=1S/C24H26F2N4O3/c25-16-3-4-20(26)18(12-16)21-2-1-8-29(21)17-5-9-30-22(13-17)19(14-27-30)23(32)28-24(15-31)6-10-33-11-7-24/h3-5,9,12-14,21,31H,1-2,6-8,10-11,15H2,(H,28,32)/t21-/m1/s1. The number of ether oxygens (including phenoxy) is 1. The Labute approximate surface area is 190 Å². The van der Waals surface area contributed by atoms with Gasteiger partial charge in [0.1, 0.15) is 11.6 Å². The van der Waals surface area contributed by atoms with E-state index in [2.05, 4.69) is 10.4 Å². The van der Waals surface area contributed by atoms with Crippen LogP contribution in [0.1, 0.15) is 47.6 Å². The summed E-state index contributed by atoms with van der Waals surface area (Å²) in [5, 5.41) is 17.2. The van der Waals surface area contributed by atoms with Crippen LogP contribution in [0.15, 0.2) is 42.7 Å². The molecular formula is C24H26F2N4O3. The second kappa shape index (κ2) is 8.72. The van der Waals surface area contributed by atoms with Crippen molar-refractivity contribution < 1.29 is 23.4 Å². The molecule has 5 rings (SSSR count). The number of rotatable bonds is 5. The first kappa shape index (κ1) is 21.8. The smallest absolute Gasteiger partial charge is 0.255 e. The number of pyridine rings is 1. The summed E-state index contributed by atoms with van der Waals surface area (Å²) in [5.74, 6) is -1.20. The molecule has 1 atom stereocenters. The van der Waals surface area contributed by atoms with Crippen molar-refractivity contribution >= 4 is 17.1 Å². The predicted octanol–water partition coefficient (Wildman–Crippen LogP) is 3.23. The maximum Gasteiger partial charge on any atom is 0.255 e. The topological polar surface area (TPSA) is 79.1 Å². The Hall–Kier alpha value is -3.04. The summed E-state index contributed by atoms with van der Waals surface area (Å²) in [6.07, 6.45) is 5.89. The molecule has 2 aliphatic heterocycles. The third-order valence-electron chi connectivity index (χ3n) is 6.78. The zero-order valence-corrected chi connectivity index (χ0v) is 18.1. The molecule has 33 heavy (non-hydrogen) atoms. The summed E-state index contributed by atoms with van der Waals surface area (Å²) in [6, 6.07) is 6.98. The number of aliphatic hydroxyl groups excluding tert-OH is 1. The number of carbonyl (C=O) groups excluding carboxylic acids is 1. The number of hydrogen-bond acceptors (Lipinski definition) is 5. The molecule has 0 spiro atoms. The van der Waals surface area contributed by atoms with Crippen molar-refractivity contribution in [3.05, 3.63) is 65.5 Å². The van der Waals surface area contributed by atoms with Crippen LogP contribution >= 0.6 is 0 Å². The van der Waals surface area contributed by atoms with Crippen molar-refractivity contribution in [1.82, 2.24) is 14.9 Å². The van der Waals surface area contributed by atoms with Gasteiger partial charge in [-0.25, -0.2) is 13.3 Å². The highest BCUT2D eigenvalue weighted by molar-refractivity contribution is 6.01. The summed E-state index contributed by atoms with van der Waals surface area (Å²) in [5.41, 5.74) is 1.43. The largest absolute Gasteiger partial charge is 0.394 e. The van der Waals surface area contributed by atoms with Crippen LogP contribution in [0.5, 0.6) is 0 Å². The Kier molecular flexibility index (Phi) is 5.76. The molecule has 7 nitrogen and oxygen atoms in total. The molecule has 0 radical (unpaired) electrons. The lowest BCUT2D eigenvalue weighted by molar-refractivity contribution is 0.0126. The third-order valence-corrected chi connectivity index (χ3v) is 6.78. The van der Waals surface area contributed by atoms with Crippen molar-refractivity contribution in [2.75, 3.05) is 31.3 Å². The Morgan fingerprint density at radius 1 is 1.24 bits per heavy atom. The minimum Gasteiger partial charge on any atom is -0.394 e. The van der Waals surface area contributed by atoms with Crippen LogP contribution in [0.4, 0.5) is 14.5 Å². The summed E-state index contributed by atoms with van der Waals surface area (Å²) < 4.78 is 35.3. The van der Waals surface area contributed by atoms with Gasteiger partial charge in [0.2, 0.25) is 0 Å². The summed E-state index contributed by atoms with van der Waals surface area (Å²) in [4.78, 5) is 15.2. The van der Waals surface area contributed by atoms with Crippen LogP contribution in [0, 0.1) is 11.6 Å². The first-order valence-corrected chi connectivity index (χ1v) is 11.2. The molecule has 1 aromatic carbocycles. The molecule has 2 N–H and O–H groups in total. The normalized spacial score (nSPS) is 20.3. The van der Waals surface area contributed by atoms with Crippen molar-refractivity contribution in [1.29, 1.82) is 0 Å². The van der Waals surface area contributed by atoms with E-state index in [0.29, 0.717) is 55.7 Å². The molecule has 2 fully saturated rings. The molecule has 3 aromatic rings. The van der Waals surface area contributed by atoms with Gasteiger partial charge < -0.3 is 20.1 Å². The van der Waals surface area contributed by atoms with Crippen LogP contribution in [-0.4, -0.2) is 52.5 Å². The van der Waals surface area contributed by atoms with Crippen LogP contribution in [0.3, 0.4) is 0 Å². The monoisotopic (exact) mass is 456 g/mol. The number of hydrogen-bond donors (Lipinski definition) is 2. The number of amides is 1.